The molecular weight excluding hydrogens is 475 g/mol. The van der Waals surface area contributed by atoms with Gasteiger partial charge in [-0.05, 0) is 48.2 Å². The Labute approximate surface area is 191 Å². The van der Waals surface area contributed by atoms with Gasteiger partial charge in [0.1, 0.15) is 0 Å². The molecule has 1 aliphatic heterocycles. The molecule has 0 bridgehead atoms. The Morgan fingerprint density at radius 2 is 1.79 bits per heavy atom. The zero-order chi connectivity index (χ0) is 19.1. The van der Waals surface area contributed by atoms with E-state index in [1.54, 1.807) is 0 Å². The molecule has 1 atom stereocenters. The summed E-state index contributed by atoms with van der Waals surface area (Å²) in [6, 6.07) is 15.1. The van der Waals surface area contributed by atoms with Gasteiger partial charge in [-0.15, -0.1) is 24.0 Å². The Bertz CT molecular complexity index is 878. The van der Waals surface area contributed by atoms with E-state index in [0.717, 1.165) is 11.0 Å². The Morgan fingerprint density at radius 3 is 2.54 bits per heavy atom. The maximum Gasteiger partial charge on any atom is 0.0777 e. The molecule has 2 nitrogen and oxygen atoms in total. The molecule has 152 valence electrons. The summed E-state index contributed by atoms with van der Waals surface area (Å²) in [5, 5.41) is 5.93. The van der Waals surface area contributed by atoms with Crippen LogP contribution in [-0.2, 0) is 0 Å². The highest BCUT2D eigenvalue weighted by Gasteiger charge is 2.14. The largest absolute Gasteiger partial charge is 0.391 e. The van der Waals surface area contributed by atoms with E-state index in [-0.39, 0.29) is 24.0 Å². The van der Waals surface area contributed by atoms with Crippen molar-refractivity contribution in [3.63, 3.8) is 0 Å². The van der Waals surface area contributed by atoms with Crippen molar-refractivity contribution in [2.75, 3.05) is 7.05 Å². The molecule has 0 aromatic heterocycles. The summed E-state index contributed by atoms with van der Waals surface area (Å²) in [7, 11) is 2.07. The lowest BCUT2D eigenvalue weighted by Crippen LogP contribution is -2.25. The number of fused-ring (bicyclic) bond motifs is 2. The third-order valence-electron chi connectivity index (χ3n) is 5.42. The minimum absolute atomic E-state index is 0. The second-order valence-corrected chi connectivity index (χ2v) is 8.42. The molecule has 4 heteroatoms. The van der Waals surface area contributed by atoms with Gasteiger partial charge in [-0.2, -0.15) is 0 Å². The number of nitrogens with one attached hydrogen (secondary N) is 1. The summed E-state index contributed by atoms with van der Waals surface area (Å²) in [5.74, 6) is 0.604. The van der Waals surface area contributed by atoms with Gasteiger partial charge in [0, 0.05) is 22.5 Å². The lowest BCUT2D eigenvalue weighted by molar-refractivity contribution is 0.510. The lowest BCUT2D eigenvalue weighted by Gasteiger charge is -2.20. The first-order chi connectivity index (χ1) is 13.3. The van der Waals surface area contributed by atoms with Crippen molar-refractivity contribution in [1.29, 1.82) is 0 Å². The molecule has 0 fully saturated rings. The van der Waals surface area contributed by atoms with Crippen molar-refractivity contribution in [2.24, 2.45) is 10.9 Å². The Balaban J connectivity index is 0.00000280. The van der Waals surface area contributed by atoms with Gasteiger partial charge in [0.2, 0.25) is 0 Å². The summed E-state index contributed by atoms with van der Waals surface area (Å²) in [5.41, 5.74) is 2.47. The van der Waals surface area contributed by atoms with Gasteiger partial charge in [-0.3, -0.25) is 0 Å². The molecule has 1 heterocycles. The van der Waals surface area contributed by atoms with Gasteiger partial charge in [0.25, 0.3) is 0 Å². The van der Waals surface area contributed by atoms with E-state index in [2.05, 4.69) is 68.7 Å². The number of nitrogens with zero attached hydrogens (tertiary/aromatic N) is 1. The average Bonchev–Trinajstić information content (AvgIpc) is 2.71. The lowest BCUT2D eigenvalue weighted by atomic mass is 9.93. The second-order valence-electron chi connectivity index (χ2n) is 7.34. The van der Waals surface area contributed by atoms with Crippen LogP contribution in [0.4, 0.5) is 5.69 Å². The molecule has 0 amide bonds. The first-order valence-electron chi connectivity index (χ1n) is 10.4. The van der Waals surface area contributed by atoms with Crippen LogP contribution in [0.1, 0.15) is 58.8 Å². The Kier molecular flexibility index (Phi) is 9.86. The van der Waals surface area contributed by atoms with Crippen molar-refractivity contribution in [3.05, 3.63) is 53.0 Å². The van der Waals surface area contributed by atoms with E-state index in [9.17, 15) is 0 Å². The maximum atomic E-state index is 4.83. The van der Waals surface area contributed by atoms with Gasteiger partial charge in [0.15, 0.2) is 0 Å². The Morgan fingerprint density at radius 1 is 1.00 bits per heavy atom. The first kappa shape index (κ1) is 23.3. The van der Waals surface area contributed by atoms with Crippen LogP contribution in [0.3, 0.4) is 0 Å². The predicted molar refractivity (Wildman–Crippen MR) is 132 cm³/mol. The Hall–Kier alpha value is -1.01. The van der Waals surface area contributed by atoms with Crippen molar-refractivity contribution in [1.82, 2.24) is 5.32 Å². The summed E-state index contributed by atoms with van der Waals surface area (Å²) in [6.07, 6.45) is 9.19. The zero-order valence-electron chi connectivity index (χ0n) is 17.3. The van der Waals surface area contributed by atoms with E-state index in [4.69, 9.17) is 4.99 Å². The molecule has 0 spiro atoms. The molecule has 1 unspecified atom stereocenters. The van der Waals surface area contributed by atoms with Crippen molar-refractivity contribution in [2.45, 2.75) is 68.6 Å². The number of halogens is 1. The van der Waals surface area contributed by atoms with E-state index in [1.165, 1.54) is 65.7 Å². The molecule has 28 heavy (non-hydrogen) atoms. The third kappa shape index (κ3) is 5.76. The SMILES string of the molecule is CCCCCCCC(CC)C(NC)=c1ccc2c(c1)Sc1ccccc1N=2.I. The molecule has 2 aromatic rings. The monoisotopic (exact) mass is 508 g/mol. The number of hydrogen-bond acceptors (Lipinski definition) is 3. The highest BCUT2D eigenvalue weighted by molar-refractivity contribution is 14.0. The molecule has 3 rings (SSSR count). The van der Waals surface area contributed by atoms with Gasteiger partial charge >= 0.3 is 0 Å². The van der Waals surface area contributed by atoms with Crippen LogP contribution >= 0.6 is 35.7 Å². The number of rotatable bonds is 9. The second kappa shape index (κ2) is 11.9. The van der Waals surface area contributed by atoms with Gasteiger partial charge < -0.3 is 5.32 Å². The number of unbranched alkanes of at least 4 members (excludes halogenated alkanes) is 4. The highest BCUT2D eigenvalue weighted by atomic mass is 127. The van der Waals surface area contributed by atoms with Crippen molar-refractivity contribution in [3.8, 4) is 0 Å². The summed E-state index contributed by atoms with van der Waals surface area (Å²) < 4.78 is 0. The van der Waals surface area contributed by atoms with E-state index in [0.29, 0.717) is 5.92 Å². The fraction of sp³-hybridized carbons (Fsp3) is 0.458. The number of hydrogen-bond donors (Lipinski definition) is 1. The fourth-order valence-electron chi connectivity index (χ4n) is 3.87. The van der Waals surface area contributed by atoms with Crippen LogP contribution in [0.25, 0.3) is 5.70 Å². The number of para-hydroxylation sites is 1. The van der Waals surface area contributed by atoms with E-state index >= 15 is 0 Å². The molecule has 0 saturated heterocycles. The van der Waals surface area contributed by atoms with Crippen LogP contribution < -0.4 is 15.9 Å². The zero-order valence-corrected chi connectivity index (χ0v) is 20.5. The van der Waals surface area contributed by atoms with Gasteiger partial charge in [-0.25, -0.2) is 4.99 Å². The minimum atomic E-state index is 0. The van der Waals surface area contributed by atoms with Gasteiger partial charge in [-0.1, -0.05) is 75.9 Å². The van der Waals surface area contributed by atoms with Gasteiger partial charge in [0.05, 0.1) is 11.0 Å². The highest BCUT2D eigenvalue weighted by Crippen LogP contribution is 2.35. The van der Waals surface area contributed by atoms with E-state index < -0.39 is 0 Å². The van der Waals surface area contributed by atoms with Crippen molar-refractivity contribution >= 4 is 47.1 Å². The average molecular weight is 509 g/mol. The van der Waals surface area contributed by atoms with E-state index in [1.807, 2.05) is 11.8 Å². The predicted octanol–water partition coefficient (Wildman–Crippen LogP) is 6.43. The molecule has 0 saturated carbocycles. The third-order valence-corrected chi connectivity index (χ3v) is 6.54. The molecule has 1 N–H and O–H groups in total. The van der Waals surface area contributed by atoms with Crippen molar-refractivity contribution < 1.29 is 0 Å². The smallest absolute Gasteiger partial charge is 0.0777 e. The van der Waals surface area contributed by atoms with Crippen LogP contribution in [-0.4, -0.2) is 7.05 Å². The topological polar surface area (TPSA) is 24.4 Å². The molecule has 1 aliphatic rings. The summed E-state index contributed by atoms with van der Waals surface area (Å²) >= 11 is 1.84. The van der Waals surface area contributed by atoms with Crippen LogP contribution in [0.2, 0.25) is 0 Å². The van der Waals surface area contributed by atoms with Crippen LogP contribution in [0, 0.1) is 5.92 Å². The van der Waals surface area contributed by atoms with Crippen LogP contribution in [0.15, 0.2) is 57.2 Å². The quantitative estimate of drug-likeness (QED) is 0.266. The fourth-order valence-corrected chi connectivity index (χ4v) is 4.88. The molecule has 0 aliphatic carbocycles. The molecule has 0 radical (unpaired) electrons. The maximum absolute atomic E-state index is 4.83. The normalized spacial score (nSPS) is 14.1. The summed E-state index contributed by atoms with van der Waals surface area (Å²) in [4.78, 5) is 7.34. The summed E-state index contributed by atoms with van der Waals surface area (Å²) in [6.45, 7) is 4.59. The molecule has 2 aromatic carbocycles. The molecular formula is C24H33IN2S. The number of benzene rings is 2. The minimum Gasteiger partial charge on any atom is -0.391 e. The van der Waals surface area contributed by atoms with Crippen LogP contribution in [0.5, 0.6) is 0 Å². The first-order valence-corrected chi connectivity index (χ1v) is 11.3. The standard InChI is InChI=1S/C24H32N2S.HI/c1-4-6-7-8-9-12-18(5-2)24(25-3)19-15-16-21-23(17-19)27-22-14-11-10-13-20(22)26-21;/h10-11,13-18,25H,4-9,12H2,1-3H3;1H.